The molecule has 1 fully saturated rings. The molecule has 9 heteroatoms. The van der Waals surface area contributed by atoms with Crippen molar-refractivity contribution in [3.8, 4) is 6.07 Å². The molecule has 0 radical (unpaired) electrons. The molecule has 4 rings (SSSR count). The van der Waals surface area contributed by atoms with Crippen molar-refractivity contribution in [1.82, 2.24) is 19.7 Å². The zero-order valence-electron chi connectivity index (χ0n) is 16.6. The standard InChI is InChI=1S/C20H22FN7O/c1-20(2,3)28-17-14(12-23-28)18(29)25-19(24-17)27-9-7-26(8-10-27)16-6-4-5-15(21)13(16)11-22/h4-6,12H,7-10H2,1-3H3,(H,24,25,29). The van der Waals surface area contributed by atoms with E-state index in [0.29, 0.717) is 48.8 Å². The van der Waals surface area contributed by atoms with Gasteiger partial charge in [0.05, 0.1) is 17.4 Å². The van der Waals surface area contributed by atoms with Crippen molar-refractivity contribution >= 4 is 22.7 Å². The Kier molecular flexibility index (Phi) is 4.49. The van der Waals surface area contributed by atoms with Crippen molar-refractivity contribution in [3.05, 3.63) is 46.1 Å². The molecule has 0 atom stereocenters. The molecule has 0 unspecified atom stereocenters. The number of nitriles is 1. The first-order valence-electron chi connectivity index (χ1n) is 9.46. The third-order valence-corrected chi connectivity index (χ3v) is 5.08. The average molecular weight is 395 g/mol. The van der Waals surface area contributed by atoms with Crippen LogP contribution in [0.2, 0.25) is 0 Å². The van der Waals surface area contributed by atoms with Gasteiger partial charge >= 0.3 is 0 Å². The van der Waals surface area contributed by atoms with Crippen molar-refractivity contribution in [3.63, 3.8) is 0 Å². The fourth-order valence-electron chi connectivity index (χ4n) is 3.59. The molecular formula is C20H22FN7O. The van der Waals surface area contributed by atoms with Gasteiger partial charge in [-0.2, -0.15) is 15.3 Å². The molecule has 29 heavy (non-hydrogen) atoms. The van der Waals surface area contributed by atoms with Gasteiger partial charge in [0.1, 0.15) is 22.8 Å². The second-order valence-electron chi connectivity index (χ2n) is 8.07. The van der Waals surface area contributed by atoms with E-state index in [1.54, 1.807) is 23.0 Å². The summed E-state index contributed by atoms with van der Waals surface area (Å²) in [6.45, 7) is 8.35. The molecule has 0 saturated carbocycles. The Bertz CT molecular complexity index is 1160. The highest BCUT2D eigenvalue weighted by Gasteiger charge is 2.24. The lowest BCUT2D eigenvalue weighted by atomic mass is 10.1. The second-order valence-corrected chi connectivity index (χ2v) is 8.07. The Balaban J connectivity index is 1.61. The number of halogens is 1. The molecular weight excluding hydrogens is 373 g/mol. The summed E-state index contributed by atoms with van der Waals surface area (Å²) in [7, 11) is 0. The van der Waals surface area contributed by atoms with Crippen LogP contribution in [0.3, 0.4) is 0 Å². The first-order valence-corrected chi connectivity index (χ1v) is 9.46. The van der Waals surface area contributed by atoms with E-state index >= 15 is 0 Å². The van der Waals surface area contributed by atoms with Crippen LogP contribution in [0, 0.1) is 17.1 Å². The van der Waals surface area contributed by atoms with Crippen LogP contribution in [-0.2, 0) is 5.54 Å². The van der Waals surface area contributed by atoms with E-state index in [-0.39, 0.29) is 16.7 Å². The molecule has 0 aliphatic carbocycles. The Labute approximate surface area is 167 Å². The van der Waals surface area contributed by atoms with Gasteiger partial charge in [0.2, 0.25) is 5.95 Å². The quantitative estimate of drug-likeness (QED) is 0.715. The van der Waals surface area contributed by atoms with E-state index in [9.17, 15) is 14.4 Å². The van der Waals surface area contributed by atoms with Gasteiger partial charge in [-0.1, -0.05) is 6.07 Å². The van der Waals surface area contributed by atoms with Gasteiger partial charge < -0.3 is 9.80 Å². The van der Waals surface area contributed by atoms with Crippen LogP contribution in [0.15, 0.2) is 29.2 Å². The van der Waals surface area contributed by atoms with E-state index in [1.165, 1.54) is 6.07 Å². The summed E-state index contributed by atoms with van der Waals surface area (Å²) in [5.41, 5.74) is 0.678. The number of anilines is 2. The minimum atomic E-state index is -0.515. The molecule has 2 aromatic heterocycles. The summed E-state index contributed by atoms with van der Waals surface area (Å²) >= 11 is 0. The van der Waals surface area contributed by atoms with Gasteiger partial charge in [0, 0.05) is 26.2 Å². The van der Waals surface area contributed by atoms with Gasteiger partial charge in [-0.25, -0.2) is 9.07 Å². The van der Waals surface area contributed by atoms with Crippen LogP contribution in [-0.4, -0.2) is 45.9 Å². The first kappa shape index (κ1) is 18.9. The molecule has 0 amide bonds. The maximum atomic E-state index is 13.9. The second kappa shape index (κ2) is 6.88. The maximum absolute atomic E-state index is 13.9. The predicted molar refractivity (Wildman–Crippen MR) is 109 cm³/mol. The maximum Gasteiger partial charge on any atom is 0.263 e. The number of H-pyrrole nitrogens is 1. The van der Waals surface area contributed by atoms with Gasteiger partial charge in [0.25, 0.3) is 5.56 Å². The van der Waals surface area contributed by atoms with E-state index in [0.717, 1.165) is 0 Å². The van der Waals surface area contributed by atoms with Crippen LogP contribution < -0.4 is 15.4 Å². The molecule has 1 aliphatic heterocycles. The molecule has 3 aromatic rings. The molecule has 8 nitrogen and oxygen atoms in total. The topological polar surface area (TPSA) is 93.8 Å². The number of hydrogen-bond acceptors (Lipinski definition) is 6. The normalized spacial score (nSPS) is 15.0. The number of nitrogens with one attached hydrogen (secondary N) is 1. The average Bonchev–Trinajstić information content (AvgIpc) is 3.13. The minimum Gasteiger partial charge on any atom is -0.367 e. The molecule has 3 heterocycles. The number of piperazine rings is 1. The highest BCUT2D eigenvalue weighted by Crippen LogP contribution is 2.25. The summed E-state index contributed by atoms with van der Waals surface area (Å²) in [5.74, 6) is -0.0211. The van der Waals surface area contributed by atoms with E-state index in [4.69, 9.17) is 0 Å². The number of hydrogen-bond donors (Lipinski definition) is 1. The van der Waals surface area contributed by atoms with Gasteiger partial charge in [-0.15, -0.1) is 0 Å². The molecule has 1 N–H and O–H groups in total. The summed E-state index contributed by atoms with van der Waals surface area (Å²) < 4.78 is 15.7. The SMILES string of the molecule is CC(C)(C)n1ncc2c(=O)[nH]c(N3CCN(c4cccc(F)c4C#N)CC3)nc21. The summed E-state index contributed by atoms with van der Waals surface area (Å²) in [6.07, 6.45) is 1.54. The summed E-state index contributed by atoms with van der Waals surface area (Å²) in [4.78, 5) is 24.0. The number of rotatable bonds is 2. The summed E-state index contributed by atoms with van der Waals surface area (Å²) in [6, 6.07) is 6.61. The van der Waals surface area contributed by atoms with Crippen LogP contribution in [0.5, 0.6) is 0 Å². The molecule has 150 valence electrons. The number of benzene rings is 1. The van der Waals surface area contributed by atoms with Gasteiger partial charge in [-0.05, 0) is 32.9 Å². The van der Waals surface area contributed by atoms with Crippen molar-refractivity contribution < 1.29 is 4.39 Å². The van der Waals surface area contributed by atoms with Gasteiger partial charge in [0.15, 0.2) is 5.65 Å². The number of fused-ring (bicyclic) bond motifs is 1. The van der Waals surface area contributed by atoms with Crippen LogP contribution in [0.4, 0.5) is 16.0 Å². The third kappa shape index (κ3) is 3.31. The Morgan fingerprint density at radius 3 is 2.52 bits per heavy atom. The lowest BCUT2D eigenvalue weighted by Crippen LogP contribution is -2.47. The van der Waals surface area contributed by atoms with Crippen molar-refractivity contribution in [1.29, 1.82) is 5.26 Å². The van der Waals surface area contributed by atoms with Crippen molar-refractivity contribution in [2.45, 2.75) is 26.3 Å². The number of aromatic nitrogens is 4. The highest BCUT2D eigenvalue weighted by atomic mass is 19.1. The van der Waals surface area contributed by atoms with Gasteiger partial charge in [-0.3, -0.25) is 9.78 Å². The lowest BCUT2D eigenvalue weighted by Gasteiger charge is -2.36. The van der Waals surface area contributed by atoms with E-state index in [2.05, 4.69) is 15.1 Å². The van der Waals surface area contributed by atoms with E-state index < -0.39 is 5.82 Å². The molecule has 1 saturated heterocycles. The lowest BCUT2D eigenvalue weighted by molar-refractivity contribution is 0.366. The van der Waals surface area contributed by atoms with Crippen LogP contribution in [0.1, 0.15) is 26.3 Å². The van der Waals surface area contributed by atoms with Crippen LogP contribution >= 0.6 is 0 Å². The predicted octanol–water partition coefficient (Wildman–Crippen LogP) is 2.21. The molecule has 1 aromatic carbocycles. The Morgan fingerprint density at radius 2 is 1.86 bits per heavy atom. The van der Waals surface area contributed by atoms with Crippen molar-refractivity contribution in [2.24, 2.45) is 0 Å². The molecule has 1 aliphatic rings. The number of nitrogens with zero attached hydrogens (tertiary/aromatic N) is 6. The fraction of sp³-hybridized carbons (Fsp3) is 0.400. The van der Waals surface area contributed by atoms with Crippen LogP contribution in [0.25, 0.3) is 11.0 Å². The molecule has 0 spiro atoms. The monoisotopic (exact) mass is 395 g/mol. The van der Waals surface area contributed by atoms with E-state index in [1.807, 2.05) is 36.6 Å². The highest BCUT2D eigenvalue weighted by molar-refractivity contribution is 5.75. The Hall–Kier alpha value is -3.41. The fourth-order valence-corrected chi connectivity index (χ4v) is 3.59. The minimum absolute atomic E-state index is 0.0583. The smallest absolute Gasteiger partial charge is 0.263 e. The zero-order valence-corrected chi connectivity index (χ0v) is 16.6. The largest absolute Gasteiger partial charge is 0.367 e. The first-order chi connectivity index (χ1) is 13.8. The summed E-state index contributed by atoms with van der Waals surface area (Å²) in [5, 5.41) is 14.1. The zero-order chi connectivity index (χ0) is 20.8. The molecule has 0 bridgehead atoms. The Morgan fingerprint density at radius 1 is 1.17 bits per heavy atom. The number of aromatic amines is 1. The third-order valence-electron chi connectivity index (χ3n) is 5.08. The van der Waals surface area contributed by atoms with Crippen molar-refractivity contribution in [2.75, 3.05) is 36.0 Å².